The average molecular weight is 280 g/mol. The van der Waals surface area contributed by atoms with Crippen molar-refractivity contribution < 1.29 is 13.2 Å². The number of carbonyl (C=O) groups is 1. The quantitative estimate of drug-likeness (QED) is 0.902. The van der Waals surface area contributed by atoms with Gasteiger partial charge >= 0.3 is 0 Å². The summed E-state index contributed by atoms with van der Waals surface area (Å²) in [6, 6.07) is 7.14. The maximum atomic E-state index is 11.9. The van der Waals surface area contributed by atoms with Crippen LogP contribution in [0.5, 0.6) is 0 Å². The minimum absolute atomic E-state index is 0.0213. The molecule has 6 heteroatoms. The van der Waals surface area contributed by atoms with Crippen molar-refractivity contribution >= 4 is 15.7 Å². The van der Waals surface area contributed by atoms with E-state index in [0.717, 1.165) is 6.26 Å². The largest absolute Gasteiger partial charge is 0.336 e. The highest BCUT2D eigenvalue weighted by atomic mass is 32.2. The van der Waals surface area contributed by atoms with Gasteiger partial charge in [0.1, 0.15) is 6.04 Å². The highest BCUT2D eigenvalue weighted by Crippen LogP contribution is 2.12. The number of hydrogen-bond acceptors (Lipinski definition) is 4. The summed E-state index contributed by atoms with van der Waals surface area (Å²) < 4.78 is 22.8. The van der Waals surface area contributed by atoms with Crippen molar-refractivity contribution in [3.05, 3.63) is 29.8 Å². The normalized spacial score (nSPS) is 12.8. The topological polar surface area (TPSA) is 87.0 Å². The second kappa shape index (κ2) is 5.85. The maximum absolute atomic E-state index is 11.9. The van der Waals surface area contributed by atoms with Crippen LogP contribution < -0.4 is 5.32 Å². The molecule has 0 fully saturated rings. The summed E-state index contributed by atoms with van der Waals surface area (Å²) in [6.45, 7) is 3.64. The Morgan fingerprint density at radius 1 is 1.37 bits per heavy atom. The second-order valence-electron chi connectivity index (χ2n) is 4.62. The summed E-state index contributed by atoms with van der Waals surface area (Å²) in [5.74, 6) is -0.474. The molecule has 1 atom stereocenters. The average Bonchev–Trinajstić information content (AvgIpc) is 2.34. The molecular formula is C13H16N2O3S. The predicted molar refractivity (Wildman–Crippen MR) is 71.3 cm³/mol. The number of benzene rings is 1. The van der Waals surface area contributed by atoms with E-state index in [1.807, 2.05) is 19.9 Å². The first-order valence-electron chi connectivity index (χ1n) is 5.76. The monoisotopic (exact) mass is 280 g/mol. The lowest BCUT2D eigenvalue weighted by atomic mass is 10.1. The molecule has 1 rings (SSSR count). The zero-order chi connectivity index (χ0) is 14.6. The van der Waals surface area contributed by atoms with Crippen molar-refractivity contribution in [1.82, 2.24) is 5.32 Å². The number of sulfone groups is 1. The molecule has 1 N–H and O–H groups in total. The van der Waals surface area contributed by atoms with Crippen molar-refractivity contribution in [2.75, 3.05) is 6.26 Å². The number of nitriles is 1. The van der Waals surface area contributed by atoms with Crippen molar-refractivity contribution in [1.29, 1.82) is 5.26 Å². The molecule has 0 heterocycles. The van der Waals surface area contributed by atoms with E-state index >= 15 is 0 Å². The third kappa shape index (κ3) is 4.07. The molecule has 1 amide bonds. The molecule has 0 aromatic heterocycles. The molecule has 19 heavy (non-hydrogen) atoms. The Kier molecular flexibility index (Phi) is 4.67. The lowest BCUT2D eigenvalue weighted by molar-refractivity contribution is 0.0937. The summed E-state index contributed by atoms with van der Waals surface area (Å²) in [6.07, 6.45) is 1.08. The highest BCUT2D eigenvalue weighted by Gasteiger charge is 2.17. The smallest absolute Gasteiger partial charge is 0.252 e. The number of amides is 1. The van der Waals surface area contributed by atoms with Gasteiger partial charge in [-0.25, -0.2) is 8.42 Å². The van der Waals surface area contributed by atoms with Gasteiger partial charge in [0.05, 0.1) is 11.0 Å². The van der Waals surface area contributed by atoms with Gasteiger partial charge in [-0.2, -0.15) is 5.26 Å². The van der Waals surface area contributed by atoms with Crippen molar-refractivity contribution in [3.8, 4) is 6.07 Å². The Bertz CT molecular complexity index is 615. The van der Waals surface area contributed by atoms with Crippen LogP contribution in [0.15, 0.2) is 29.2 Å². The van der Waals surface area contributed by atoms with E-state index in [1.165, 1.54) is 24.3 Å². The van der Waals surface area contributed by atoms with E-state index in [1.54, 1.807) is 0 Å². The lowest BCUT2D eigenvalue weighted by Gasteiger charge is -2.15. The Balaban J connectivity index is 2.99. The molecule has 1 aromatic carbocycles. The standard InChI is InChI=1S/C13H16N2O3S/c1-9(2)12(8-14)15-13(16)10-5-4-6-11(7-10)19(3,17)18/h4-7,9,12H,1-3H3,(H,15,16). The van der Waals surface area contributed by atoms with Crippen LogP contribution in [0.3, 0.4) is 0 Å². The van der Waals surface area contributed by atoms with Gasteiger partial charge in [-0.05, 0) is 24.1 Å². The number of nitrogens with zero attached hydrogens (tertiary/aromatic N) is 1. The Labute approximate surface area is 113 Å². The van der Waals surface area contributed by atoms with Crippen LogP contribution in [-0.2, 0) is 9.84 Å². The molecule has 0 saturated carbocycles. The van der Waals surface area contributed by atoms with Gasteiger partial charge in [0.15, 0.2) is 9.84 Å². The van der Waals surface area contributed by atoms with Crippen LogP contribution in [0.1, 0.15) is 24.2 Å². The summed E-state index contributed by atoms with van der Waals surface area (Å²) in [5, 5.41) is 11.5. The Morgan fingerprint density at radius 3 is 2.47 bits per heavy atom. The molecule has 1 aromatic rings. The van der Waals surface area contributed by atoms with Gasteiger partial charge in [0.2, 0.25) is 0 Å². The van der Waals surface area contributed by atoms with Crippen LogP contribution in [0.2, 0.25) is 0 Å². The predicted octanol–water partition coefficient (Wildman–Crippen LogP) is 1.37. The van der Waals surface area contributed by atoms with Gasteiger partial charge in [-0.1, -0.05) is 19.9 Å². The number of hydrogen-bond donors (Lipinski definition) is 1. The van der Waals surface area contributed by atoms with Gasteiger partial charge in [0.25, 0.3) is 5.91 Å². The van der Waals surface area contributed by atoms with Crippen molar-refractivity contribution in [3.63, 3.8) is 0 Å². The first-order valence-corrected chi connectivity index (χ1v) is 7.65. The summed E-state index contributed by atoms with van der Waals surface area (Å²) >= 11 is 0. The SMILES string of the molecule is CC(C)C(C#N)NC(=O)c1cccc(S(C)(=O)=O)c1. The minimum Gasteiger partial charge on any atom is -0.336 e. The maximum Gasteiger partial charge on any atom is 0.252 e. The minimum atomic E-state index is -3.35. The zero-order valence-electron chi connectivity index (χ0n) is 11.0. The van der Waals surface area contributed by atoms with Crippen LogP contribution in [0.25, 0.3) is 0 Å². The molecule has 0 aliphatic rings. The van der Waals surface area contributed by atoms with E-state index in [9.17, 15) is 13.2 Å². The van der Waals surface area contributed by atoms with E-state index in [4.69, 9.17) is 5.26 Å². The third-order valence-corrected chi connectivity index (χ3v) is 3.73. The molecule has 0 saturated heterocycles. The van der Waals surface area contributed by atoms with E-state index in [-0.39, 0.29) is 16.4 Å². The number of nitrogens with one attached hydrogen (secondary N) is 1. The second-order valence-corrected chi connectivity index (χ2v) is 6.64. The van der Waals surface area contributed by atoms with Crippen LogP contribution in [-0.4, -0.2) is 26.6 Å². The highest BCUT2D eigenvalue weighted by molar-refractivity contribution is 7.90. The molecule has 5 nitrogen and oxygen atoms in total. The van der Waals surface area contributed by atoms with Crippen LogP contribution >= 0.6 is 0 Å². The first-order chi connectivity index (χ1) is 8.75. The van der Waals surface area contributed by atoms with Crippen molar-refractivity contribution in [2.24, 2.45) is 5.92 Å². The zero-order valence-corrected chi connectivity index (χ0v) is 11.9. The number of carbonyl (C=O) groups excluding carboxylic acids is 1. The van der Waals surface area contributed by atoms with Crippen LogP contribution in [0.4, 0.5) is 0 Å². The number of rotatable bonds is 4. The van der Waals surface area contributed by atoms with E-state index in [0.29, 0.717) is 0 Å². The first kappa shape index (κ1) is 15.2. The summed E-state index contributed by atoms with van der Waals surface area (Å²) in [7, 11) is -3.35. The molecule has 0 radical (unpaired) electrons. The van der Waals surface area contributed by atoms with E-state index < -0.39 is 21.8 Å². The van der Waals surface area contributed by atoms with Gasteiger partial charge in [0, 0.05) is 11.8 Å². The summed E-state index contributed by atoms with van der Waals surface area (Å²) in [4.78, 5) is 12.0. The van der Waals surface area contributed by atoms with Crippen LogP contribution in [0, 0.1) is 17.2 Å². The lowest BCUT2D eigenvalue weighted by Crippen LogP contribution is -2.37. The molecule has 0 aliphatic heterocycles. The molecule has 1 unspecified atom stereocenters. The fourth-order valence-electron chi connectivity index (χ4n) is 1.44. The Morgan fingerprint density at radius 2 is 2.00 bits per heavy atom. The summed E-state index contributed by atoms with van der Waals surface area (Å²) in [5.41, 5.74) is 0.226. The van der Waals surface area contributed by atoms with Gasteiger partial charge in [-0.3, -0.25) is 4.79 Å². The molecule has 0 bridgehead atoms. The van der Waals surface area contributed by atoms with Crippen molar-refractivity contribution in [2.45, 2.75) is 24.8 Å². The Hall–Kier alpha value is -1.87. The third-order valence-electron chi connectivity index (χ3n) is 2.62. The molecule has 0 aliphatic carbocycles. The molecule has 0 spiro atoms. The van der Waals surface area contributed by atoms with E-state index in [2.05, 4.69) is 5.32 Å². The van der Waals surface area contributed by atoms with Gasteiger partial charge in [-0.15, -0.1) is 0 Å². The fourth-order valence-corrected chi connectivity index (χ4v) is 2.11. The molecule has 102 valence electrons. The fraction of sp³-hybridized carbons (Fsp3) is 0.385. The molecular weight excluding hydrogens is 264 g/mol. The van der Waals surface area contributed by atoms with Gasteiger partial charge < -0.3 is 5.32 Å².